The number of rotatable bonds is 8. The smallest absolute Gasteiger partial charge is 0.322 e. The van der Waals surface area contributed by atoms with Crippen molar-refractivity contribution >= 4 is 17.7 Å². The number of carbonyl (C=O) groups excluding carboxylic acids is 1. The maximum atomic E-state index is 12.0. The van der Waals surface area contributed by atoms with Gasteiger partial charge in [-0.3, -0.25) is 4.79 Å². The number of carbonyl (C=O) groups is 2. The predicted molar refractivity (Wildman–Crippen MR) is 80.3 cm³/mol. The second-order valence-corrected chi connectivity index (χ2v) is 4.48. The van der Waals surface area contributed by atoms with E-state index in [9.17, 15) is 9.59 Å². The number of carboxylic acid groups (broad SMARTS) is 1. The third kappa shape index (κ3) is 6.09. The van der Waals surface area contributed by atoms with E-state index in [4.69, 9.17) is 10.2 Å². The molecule has 6 heteroatoms. The maximum absolute atomic E-state index is 12.0. The molecule has 0 aliphatic heterocycles. The molecule has 6 nitrogen and oxygen atoms in total. The summed E-state index contributed by atoms with van der Waals surface area (Å²) in [6.07, 6.45) is 2.12. The lowest BCUT2D eigenvalue weighted by Gasteiger charge is -2.20. The summed E-state index contributed by atoms with van der Waals surface area (Å²) in [5, 5.41) is 20.2. The Kier molecular flexibility index (Phi) is 6.97. The summed E-state index contributed by atoms with van der Waals surface area (Å²) < 4.78 is 0. The zero-order valence-corrected chi connectivity index (χ0v) is 11.8. The van der Waals surface area contributed by atoms with Crippen LogP contribution in [0, 0.1) is 0 Å². The summed E-state index contributed by atoms with van der Waals surface area (Å²) in [4.78, 5) is 23.9. The van der Waals surface area contributed by atoms with Crippen molar-refractivity contribution in [2.45, 2.75) is 12.8 Å². The number of benzene rings is 1. The summed E-state index contributed by atoms with van der Waals surface area (Å²) in [7, 11) is 0. The van der Waals surface area contributed by atoms with Crippen LogP contribution in [0.25, 0.3) is 0 Å². The van der Waals surface area contributed by atoms with Crippen LogP contribution in [-0.4, -0.2) is 46.8 Å². The Balaban J connectivity index is 2.59. The van der Waals surface area contributed by atoms with Crippen LogP contribution in [0.4, 0.5) is 10.5 Å². The molecule has 1 aromatic rings. The van der Waals surface area contributed by atoms with E-state index in [1.165, 1.54) is 4.90 Å². The number of carboxylic acids is 1. The van der Waals surface area contributed by atoms with Gasteiger partial charge < -0.3 is 20.4 Å². The first-order chi connectivity index (χ1) is 10.1. The summed E-state index contributed by atoms with van der Waals surface area (Å²) in [6, 6.07) is 6.69. The van der Waals surface area contributed by atoms with Crippen molar-refractivity contribution in [2.75, 3.05) is 25.0 Å². The van der Waals surface area contributed by atoms with Crippen molar-refractivity contribution in [3.8, 4) is 0 Å². The standard InChI is InChI=1S/C15H20N2O4/c1-2-9-17(10-11-18)15(21)16-13-6-3-12(4-7-13)5-8-14(19)20/h2-4,6-7,18H,1,5,8-11H2,(H,16,21)(H,19,20). The lowest BCUT2D eigenvalue weighted by Crippen LogP contribution is -2.37. The molecule has 2 amide bonds. The molecule has 0 aromatic heterocycles. The number of anilines is 1. The van der Waals surface area contributed by atoms with Crippen LogP contribution in [0.3, 0.4) is 0 Å². The first-order valence-electron chi connectivity index (χ1n) is 6.65. The molecular formula is C15H20N2O4. The molecule has 0 aliphatic carbocycles. The first-order valence-corrected chi connectivity index (χ1v) is 6.65. The zero-order chi connectivity index (χ0) is 15.7. The van der Waals surface area contributed by atoms with Gasteiger partial charge in [-0.25, -0.2) is 4.79 Å². The summed E-state index contributed by atoms with van der Waals surface area (Å²) in [5.74, 6) is -0.837. The Labute approximate surface area is 123 Å². The molecule has 0 unspecified atom stereocenters. The predicted octanol–water partition coefficient (Wildman–Crippen LogP) is 1.72. The van der Waals surface area contributed by atoms with Crippen LogP contribution in [0.1, 0.15) is 12.0 Å². The van der Waals surface area contributed by atoms with Crippen molar-refractivity contribution in [1.29, 1.82) is 0 Å². The summed E-state index contributed by atoms with van der Waals surface area (Å²) >= 11 is 0. The number of aliphatic carboxylic acids is 1. The molecule has 0 heterocycles. The molecule has 1 aromatic carbocycles. The number of urea groups is 1. The highest BCUT2D eigenvalue weighted by Gasteiger charge is 2.11. The minimum absolute atomic E-state index is 0.0787. The fourth-order valence-electron chi connectivity index (χ4n) is 1.76. The Morgan fingerprint density at radius 3 is 2.48 bits per heavy atom. The van der Waals surface area contributed by atoms with E-state index in [-0.39, 0.29) is 25.6 Å². The normalized spacial score (nSPS) is 9.95. The van der Waals surface area contributed by atoms with E-state index in [2.05, 4.69) is 11.9 Å². The molecule has 0 aliphatic rings. The second kappa shape index (κ2) is 8.76. The van der Waals surface area contributed by atoms with Gasteiger partial charge in [-0.05, 0) is 24.1 Å². The minimum atomic E-state index is -0.837. The molecule has 114 valence electrons. The van der Waals surface area contributed by atoms with Crippen molar-refractivity contribution < 1.29 is 19.8 Å². The Bertz CT molecular complexity index is 485. The fourth-order valence-corrected chi connectivity index (χ4v) is 1.76. The van der Waals surface area contributed by atoms with Gasteiger partial charge in [-0.2, -0.15) is 0 Å². The number of nitrogens with one attached hydrogen (secondary N) is 1. The maximum Gasteiger partial charge on any atom is 0.322 e. The number of nitrogens with zero attached hydrogens (tertiary/aromatic N) is 1. The highest BCUT2D eigenvalue weighted by Crippen LogP contribution is 2.12. The van der Waals surface area contributed by atoms with Crippen LogP contribution in [0.5, 0.6) is 0 Å². The lowest BCUT2D eigenvalue weighted by atomic mass is 10.1. The van der Waals surface area contributed by atoms with Gasteiger partial charge in [-0.1, -0.05) is 18.2 Å². The van der Waals surface area contributed by atoms with E-state index in [1.54, 1.807) is 30.3 Å². The Hall–Kier alpha value is -2.34. The van der Waals surface area contributed by atoms with Gasteiger partial charge in [0.05, 0.1) is 6.61 Å². The van der Waals surface area contributed by atoms with Crippen LogP contribution >= 0.6 is 0 Å². The molecule has 0 atom stereocenters. The van der Waals surface area contributed by atoms with Gasteiger partial charge in [0, 0.05) is 25.2 Å². The SMILES string of the molecule is C=CCN(CCO)C(=O)Nc1ccc(CCC(=O)O)cc1. The molecule has 0 saturated heterocycles. The molecular weight excluding hydrogens is 272 g/mol. The Morgan fingerprint density at radius 2 is 1.95 bits per heavy atom. The van der Waals surface area contributed by atoms with Gasteiger partial charge in [-0.15, -0.1) is 6.58 Å². The number of aryl methyl sites for hydroxylation is 1. The van der Waals surface area contributed by atoms with Crippen molar-refractivity contribution in [3.05, 3.63) is 42.5 Å². The largest absolute Gasteiger partial charge is 0.481 e. The van der Waals surface area contributed by atoms with Crippen molar-refractivity contribution in [2.24, 2.45) is 0 Å². The minimum Gasteiger partial charge on any atom is -0.481 e. The lowest BCUT2D eigenvalue weighted by molar-refractivity contribution is -0.136. The number of amides is 2. The number of aliphatic hydroxyl groups is 1. The molecule has 21 heavy (non-hydrogen) atoms. The third-order valence-corrected chi connectivity index (χ3v) is 2.84. The third-order valence-electron chi connectivity index (χ3n) is 2.84. The molecule has 0 spiro atoms. The fraction of sp³-hybridized carbons (Fsp3) is 0.333. The quantitative estimate of drug-likeness (QED) is 0.636. The highest BCUT2D eigenvalue weighted by molar-refractivity contribution is 5.89. The summed E-state index contributed by atoms with van der Waals surface area (Å²) in [5.41, 5.74) is 1.51. The van der Waals surface area contributed by atoms with Crippen LogP contribution in [0.15, 0.2) is 36.9 Å². The Morgan fingerprint density at radius 1 is 1.29 bits per heavy atom. The highest BCUT2D eigenvalue weighted by atomic mass is 16.4. The van der Waals surface area contributed by atoms with Gasteiger partial charge in [0.25, 0.3) is 0 Å². The zero-order valence-electron chi connectivity index (χ0n) is 11.8. The molecule has 0 saturated carbocycles. The van der Waals surface area contributed by atoms with E-state index in [0.717, 1.165) is 5.56 Å². The molecule has 0 bridgehead atoms. The van der Waals surface area contributed by atoms with Crippen LogP contribution in [0.2, 0.25) is 0 Å². The van der Waals surface area contributed by atoms with Gasteiger partial charge >= 0.3 is 12.0 Å². The van der Waals surface area contributed by atoms with Gasteiger partial charge in [0.15, 0.2) is 0 Å². The van der Waals surface area contributed by atoms with Crippen molar-refractivity contribution in [1.82, 2.24) is 4.90 Å². The topological polar surface area (TPSA) is 89.9 Å². The molecule has 0 radical (unpaired) electrons. The average molecular weight is 292 g/mol. The summed E-state index contributed by atoms with van der Waals surface area (Å²) in [6.45, 7) is 4.03. The number of hydrogen-bond acceptors (Lipinski definition) is 3. The molecule has 0 fully saturated rings. The van der Waals surface area contributed by atoms with E-state index in [0.29, 0.717) is 18.7 Å². The molecule has 3 N–H and O–H groups in total. The van der Waals surface area contributed by atoms with E-state index >= 15 is 0 Å². The van der Waals surface area contributed by atoms with Gasteiger partial charge in [0.1, 0.15) is 0 Å². The van der Waals surface area contributed by atoms with Crippen LogP contribution in [-0.2, 0) is 11.2 Å². The van der Waals surface area contributed by atoms with Crippen LogP contribution < -0.4 is 5.32 Å². The number of aliphatic hydroxyl groups excluding tert-OH is 1. The number of hydrogen-bond donors (Lipinski definition) is 3. The second-order valence-electron chi connectivity index (χ2n) is 4.48. The van der Waals surface area contributed by atoms with E-state index < -0.39 is 5.97 Å². The van der Waals surface area contributed by atoms with E-state index in [1.807, 2.05) is 0 Å². The first kappa shape index (κ1) is 16.7. The average Bonchev–Trinajstić information content (AvgIpc) is 2.46. The van der Waals surface area contributed by atoms with Gasteiger partial charge in [0.2, 0.25) is 0 Å². The van der Waals surface area contributed by atoms with Crippen molar-refractivity contribution in [3.63, 3.8) is 0 Å². The monoisotopic (exact) mass is 292 g/mol. The molecule has 1 rings (SSSR count).